The largest absolute Gasteiger partial charge is 0.332 e. The van der Waals surface area contributed by atoms with E-state index in [4.69, 9.17) is 0 Å². The topological polar surface area (TPSA) is 40.6 Å². The third-order valence-electron chi connectivity index (χ3n) is 5.35. The molecule has 2 aromatic carbocycles. The van der Waals surface area contributed by atoms with Gasteiger partial charge in [-0.2, -0.15) is 0 Å². The van der Waals surface area contributed by atoms with Crippen molar-refractivity contribution < 1.29 is 18.4 Å². The number of amides is 2. The van der Waals surface area contributed by atoms with Crippen molar-refractivity contribution in [3.05, 3.63) is 93.7 Å². The second kappa shape index (κ2) is 11.0. The molecular weight excluding hydrogens is 430 g/mol. The lowest BCUT2D eigenvalue weighted by atomic mass is 10.1. The standard InChI is InChI=1S/C25H26F2N2O2S/c1-3-18(2)29(25(31)20-8-12-22(27)13-9-20)17-24(30)28(16-23-5-4-14-32-23)15-19-6-10-21(26)11-7-19/h4-14,18H,3,15-17H2,1-2H3. The summed E-state index contributed by atoms with van der Waals surface area (Å²) in [5.74, 6) is -1.28. The fourth-order valence-electron chi connectivity index (χ4n) is 3.29. The molecule has 1 atom stereocenters. The molecule has 4 nitrogen and oxygen atoms in total. The quantitative estimate of drug-likeness (QED) is 0.427. The van der Waals surface area contributed by atoms with E-state index in [0.29, 0.717) is 25.1 Å². The van der Waals surface area contributed by atoms with Gasteiger partial charge >= 0.3 is 0 Å². The van der Waals surface area contributed by atoms with Gasteiger partial charge in [0, 0.05) is 23.0 Å². The summed E-state index contributed by atoms with van der Waals surface area (Å²) in [6.07, 6.45) is 0.670. The smallest absolute Gasteiger partial charge is 0.254 e. The summed E-state index contributed by atoms with van der Waals surface area (Å²) in [7, 11) is 0. The van der Waals surface area contributed by atoms with Gasteiger partial charge in [-0.15, -0.1) is 11.3 Å². The molecule has 3 rings (SSSR count). The van der Waals surface area contributed by atoms with Crippen LogP contribution < -0.4 is 0 Å². The maximum absolute atomic E-state index is 13.4. The first-order valence-electron chi connectivity index (χ1n) is 10.5. The van der Waals surface area contributed by atoms with Gasteiger partial charge in [-0.1, -0.05) is 25.1 Å². The molecule has 1 unspecified atom stereocenters. The second-order valence-electron chi connectivity index (χ2n) is 7.65. The van der Waals surface area contributed by atoms with Crippen LogP contribution in [-0.4, -0.2) is 34.2 Å². The third kappa shape index (κ3) is 6.23. The summed E-state index contributed by atoms with van der Waals surface area (Å²) in [5, 5.41) is 1.94. The van der Waals surface area contributed by atoms with E-state index in [-0.39, 0.29) is 30.2 Å². The molecule has 168 valence electrons. The molecule has 7 heteroatoms. The Balaban J connectivity index is 1.82. The molecule has 0 aliphatic carbocycles. The van der Waals surface area contributed by atoms with Crippen LogP contribution in [0.3, 0.4) is 0 Å². The number of carbonyl (C=O) groups excluding carboxylic acids is 2. The van der Waals surface area contributed by atoms with Crippen molar-refractivity contribution in [3.8, 4) is 0 Å². The average molecular weight is 457 g/mol. The molecule has 0 saturated heterocycles. The number of hydrogen-bond donors (Lipinski definition) is 0. The highest BCUT2D eigenvalue weighted by Gasteiger charge is 2.26. The zero-order valence-electron chi connectivity index (χ0n) is 18.1. The van der Waals surface area contributed by atoms with Gasteiger partial charge in [0.15, 0.2) is 0 Å². The van der Waals surface area contributed by atoms with Crippen molar-refractivity contribution in [2.45, 2.75) is 39.4 Å². The fraction of sp³-hybridized carbons (Fsp3) is 0.280. The number of carbonyl (C=O) groups is 2. The second-order valence-corrected chi connectivity index (χ2v) is 8.69. The molecule has 3 aromatic rings. The van der Waals surface area contributed by atoms with E-state index in [1.165, 1.54) is 41.3 Å². The molecule has 0 radical (unpaired) electrons. The summed E-state index contributed by atoms with van der Waals surface area (Å²) in [4.78, 5) is 30.7. The Hall–Kier alpha value is -3.06. The maximum atomic E-state index is 13.4. The van der Waals surface area contributed by atoms with E-state index in [1.54, 1.807) is 28.4 Å². The lowest BCUT2D eigenvalue weighted by Gasteiger charge is -2.31. The Labute approximate surface area is 191 Å². The Morgan fingerprint density at radius 3 is 2.12 bits per heavy atom. The van der Waals surface area contributed by atoms with Crippen LogP contribution in [-0.2, 0) is 17.9 Å². The summed E-state index contributed by atoms with van der Waals surface area (Å²) >= 11 is 1.55. The zero-order chi connectivity index (χ0) is 23.1. The molecule has 0 fully saturated rings. The van der Waals surface area contributed by atoms with Gasteiger partial charge in [-0.05, 0) is 66.8 Å². The molecule has 0 N–H and O–H groups in total. The van der Waals surface area contributed by atoms with Gasteiger partial charge in [-0.3, -0.25) is 9.59 Å². The van der Waals surface area contributed by atoms with Crippen LogP contribution in [0.15, 0.2) is 66.0 Å². The number of benzene rings is 2. The molecule has 2 amide bonds. The minimum atomic E-state index is -0.422. The van der Waals surface area contributed by atoms with Gasteiger partial charge in [0.2, 0.25) is 5.91 Å². The fourth-order valence-corrected chi connectivity index (χ4v) is 4.00. The lowest BCUT2D eigenvalue weighted by Crippen LogP contribution is -2.46. The van der Waals surface area contributed by atoms with E-state index >= 15 is 0 Å². The minimum absolute atomic E-state index is 0.0994. The Bertz CT molecular complexity index is 1020. The first kappa shape index (κ1) is 23.6. The molecule has 0 aliphatic heterocycles. The highest BCUT2D eigenvalue weighted by atomic mass is 32.1. The maximum Gasteiger partial charge on any atom is 0.254 e. The van der Waals surface area contributed by atoms with Crippen LogP contribution in [0.5, 0.6) is 0 Å². The molecule has 1 heterocycles. The minimum Gasteiger partial charge on any atom is -0.332 e. The van der Waals surface area contributed by atoms with Crippen molar-refractivity contribution in [1.82, 2.24) is 9.80 Å². The van der Waals surface area contributed by atoms with Crippen LogP contribution >= 0.6 is 11.3 Å². The highest BCUT2D eigenvalue weighted by Crippen LogP contribution is 2.18. The van der Waals surface area contributed by atoms with Crippen LogP contribution in [0.2, 0.25) is 0 Å². The van der Waals surface area contributed by atoms with Gasteiger partial charge < -0.3 is 9.80 Å². The van der Waals surface area contributed by atoms with E-state index < -0.39 is 5.82 Å². The molecular formula is C25H26F2N2O2S. The van der Waals surface area contributed by atoms with Crippen LogP contribution in [0, 0.1) is 11.6 Å². The number of nitrogens with zero attached hydrogens (tertiary/aromatic N) is 2. The number of hydrogen-bond acceptors (Lipinski definition) is 3. The molecule has 0 bridgehead atoms. The summed E-state index contributed by atoms with van der Waals surface area (Å²) < 4.78 is 26.6. The number of thiophene rings is 1. The number of rotatable bonds is 9. The van der Waals surface area contributed by atoms with E-state index in [9.17, 15) is 18.4 Å². The van der Waals surface area contributed by atoms with Crippen LogP contribution in [0.1, 0.15) is 41.1 Å². The molecule has 1 aromatic heterocycles. The molecule has 0 saturated carbocycles. The Morgan fingerprint density at radius 2 is 1.56 bits per heavy atom. The predicted molar refractivity (Wildman–Crippen MR) is 122 cm³/mol. The van der Waals surface area contributed by atoms with Crippen molar-refractivity contribution in [3.63, 3.8) is 0 Å². The zero-order valence-corrected chi connectivity index (χ0v) is 18.9. The summed E-state index contributed by atoms with van der Waals surface area (Å²) in [6.45, 7) is 4.43. The van der Waals surface area contributed by atoms with Gasteiger partial charge in [0.25, 0.3) is 5.91 Å². The highest BCUT2D eigenvalue weighted by molar-refractivity contribution is 7.09. The van der Waals surface area contributed by atoms with Crippen molar-refractivity contribution in [1.29, 1.82) is 0 Å². The molecule has 32 heavy (non-hydrogen) atoms. The average Bonchev–Trinajstić information content (AvgIpc) is 3.31. The van der Waals surface area contributed by atoms with E-state index in [0.717, 1.165) is 10.4 Å². The Kier molecular flexibility index (Phi) is 8.11. The molecule has 0 spiro atoms. The van der Waals surface area contributed by atoms with Crippen molar-refractivity contribution in [2.75, 3.05) is 6.54 Å². The van der Waals surface area contributed by atoms with Gasteiger partial charge in [-0.25, -0.2) is 8.78 Å². The van der Waals surface area contributed by atoms with E-state index in [1.807, 2.05) is 31.4 Å². The van der Waals surface area contributed by atoms with Gasteiger partial charge in [0.1, 0.15) is 18.2 Å². The first-order chi connectivity index (χ1) is 15.4. The van der Waals surface area contributed by atoms with E-state index in [2.05, 4.69) is 0 Å². The van der Waals surface area contributed by atoms with Crippen LogP contribution in [0.4, 0.5) is 8.78 Å². The first-order valence-corrected chi connectivity index (χ1v) is 11.4. The Morgan fingerprint density at radius 1 is 0.938 bits per heavy atom. The summed E-state index contributed by atoms with van der Waals surface area (Å²) in [5.41, 5.74) is 1.14. The summed E-state index contributed by atoms with van der Waals surface area (Å²) in [6, 6.07) is 15.1. The monoisotopic (exact) mass is 456 g/mol. The molecule has 0 aliphatic rings. The van der Waals surface area contributed by atoms with Crippen molar-refractivity contribution in [2.24, 2.45) is 0 Å². The number of halogens is 2. The van der Waals surface area contributed by atoms with Gasteiger partial charge in [0.05, 0.1) is 6.54 Å². The normalized spacial score (nSPS) is 11.8. The third-order valence-corrected chi connectivity index (χ3v) is 6.21. The van der Waals surface area contributed by atoms with Crippen molar-refractivity contribution >= 4 is 23.2 Å². The predicted octanol–water partition coefficient (Wildman–Crippen LogP) is 5.50. The SMILES string of the molecule is CCC(C)N(CC(=O)N(Cc1ccc(F)cc1)Cc1cccs1)C(=O)c1ccc(F)cc1. The lowest BCUT2D eigenvalue weighted by molar-refractivity contribution is -0.133. The van der Waals surface area contributed by atoms with Crippen LogP contribution in [0.25, 0.3) is 0 Å².